The number of methoxy groups -OCH3 is 2. The van der Waals surface area contributed by atoms with Gasteiger partial charge in [0.25, 0.3) is 0 Å². The van der Waals surface area contributed by atoms with Gasteiger partial charge < -0.3 is 14.4 Å². The van der Waals surface area contributed by atoms with Crippen LogP contribution in [0.4, 0.5) is 0 Å². The van der Waals surface area contributed by atoms with E-state index in [1.165, 1.54) is 4.90 Å². The fourth-order valence-corrected chi connectivity index (χ4v) is 4.39. The third-order valence-corrected chi connectivity index (χ3v) is 6.04. The molecule has 3 rings (SSSR count). The fraction of sp³-hybridized carbons (Fsp3) is 0.591. The molecule has 1 aliphatic carbocycles. The van der Waals surface area contributed by atoms with Gasteiger partial charge in [-0.05, 0) is 37.5 Å². The number of amides is 3. The minimum Gasteiger partial charge on any atom is -0.493 e. The average molecular weight is 402 g/mol. The van der Waals surface area contributed by atoms with Gasteiger partial charge in [-0.25, -0.2) is 0 Å². The average Bonchev–Trinajstić information content (AvgIpc) is 3.00. The molecule has 1 aromatic carbocycles. The molecule has 1 aromatic rings. The Hall–Kier alpha value is -2.57. The third kappa shape index (κ3) is 4.38. The van der Waals surface area contributed by atoms with Crippen LogP contribution in [0.1, 0.15) is 44.6 Å². The normalized spacial score (nSPS) is 21.1. The lowest BCUT2D eigenvalue weighted by Gasteiger charge is -2.23. The van der Waals surface area contributed by atoms with Gasteiger partial charge in [0.1, 0.15) is 0 Å². The first-order valence-corrected chi connectivity index (χ1v) is 10.3. The van der Waals surface area contributed by atoms with Crippen LogP contribution in [0.3, 0.4) is 0 Å². The Morgan fingerprint density at radius 2 is 1.69 bits per heavy atom. The predicted molar refractivity (Wildman–Crippen MR) is 107 cm³/mol. The number of hydrogen-bond acceptors (Lipinski definition) is 5. The molecule has 7 nitrogen and oxygen atoms in total. The van der Waals surface area contributed by atoms with E-state index in [4.69, 9.17) is 9.47 Å². The minimum absolute atomic E-state index is 0.0715. The van der Waals surface area contributed by atoms with E-state index in [1.54, 1.807) is 19.1 Å². The Balaban J connectivity index is 1.60. The summed E-state index contributed by atoms with van der Waals surface area (Å²) < 4.78 is 10.6. The highest BCUT2D eigenvalue weighted by atomic mass is 16.5. The highest BCUT2D eigenvalue weighted by Crippen LogP contribution is 2.38. The Kier molecular flexibility index (Phi) is 6.77. The van der Waals surface area contributed by atoms with Crippen LogP contribution < -0.4 is 9.47 Å². The molecule has 0 bridgehead atoms. The van der Waals surface area contributed by atoms with Crippen LogP contribution in [0.25, 0.3) is 0 Å². The summed E-state index contributed by atoms with van der Waals surface area (Å²) in [6.07, 6.45) is 3.74. The summed E-state index contributed by atoms with van der Waals surface area (Å²) in [5.41, 5.74) is 0.928. The first-order valence-electron chi connectivity index (χ1n) is 10.3. The number of likely N-dealkylation sites (tertiary alicyclic amines) is 1. The number of ether oxygens (including phenoxy) is 2. The molecule has 3 amide bonds. The van der Waals surface area contributed by atoms with E-state index >= 15 is 0 Å². The molecule has 0 aromatic heterocycles. The third-order valence-electron chi connectivity index (χ3n) is 6.04. The summed E-state index contributed by atoms with van der Waals surface area (Å²) in [6, 6.07) is 5.57. The monoisotopic (exact) mass is 402 g/mol. The standard InChI is InChI=1S/C22H30N2O5/c1-4-23(14-15-9-10-18(28-2)19(13-15)29-3)20(25)11-12-24-21(26)16-7-5-6-8-17(16)22(24)27/h9-10,13,16-17H,4-8,11-12,14H2,1-3H3/t16-,17-/m0/s1. The second-order valence-electron chi connectivity index (χ2n) is 7.67. The van der Waals surface area contributed by atoms with Gasteiger partial charge in [0.2, 0.25) is 17.7 Å². The van der Waals surface area contributed by atoms with Crippen molar-refractivity contribution >= 4 is 17.7 Å². The number of imide groups is 1. The summed E-state index contributed by atoms with van der Waals surface area (Å²) in [6.45, 7) is 3.06. The maximum Gasteiger partial charge on any atom is 0.233 e. The Bertz CT molecular complexity index is 754. The molecular formula is C22H30N2O5. The quantitative estimate of drug-likeness (QED) is 0.625. The molecule has 0 spiro atoms. The highest BCUT2D eigenvalue weighted by Gasteiger charge is 2.47. The number of carbonyl (C=O) groups is 3. The number of rotatable bonds is 8. The minimum atomic E-state index is -0.166. The molecule has 0 radical (unpaired) electrons. The Labute approximate surface area is 171 Å². The Morgan fingerprint density at radius 1 is 1.07 bits per heavy atom. The SMILES string of the molecule is CCN(Cc1ccc(OC)c(OC)c1)C(=O)CCN1C(=O)[C@H]2CCCC[C@@H]2C1=O. The topological polar surface area (TPSA) is 76.2 Å². The van der Waals surface area contributed by atoms with Crippen LogP contribution in [0.15, 0.2) is 18.2 Å². The molecule has 0 unspecified atom stereocenters. The molecule has 2 atom stereocenters. The van der Waals surface area contributed by atoms with E-state index in [2.05, 4.69) is 0 Å². The van der Waals surface area contributed by atoms with Gasteiger partial charge in [-0.3, -0.25) is 19.3 Å². The van der Waals surface area contributed by atoms with Crippen molar-refractivity contribution in [3.63, 3.8) is 0 Å². The zero-order valence-electron chi connectivity index (χ0n) is 17.5. The van der Waals surface area contributed by atoms with Gasteiger partial charge >= 0.3 is 0 Å². The summed E-state index contributed by atoms with van der Waals surface area (Å²) in [4.78, 5) is 41.0. The Morgan fingerprint density at radius 3 is 2.24 bits per heavy atom. The van der Waals surface area contributed by atoms with Crippen LogP contribution in [0.5, 0.6) is 11.5 Å². The molecule has 2 fully saturated rings. The van der Waals surface area contributed by atoms with Crippen molar-refractivity contribution < 1.29 is 23.9 Å². The van der Waals surface area contributed by atoms with Crippen molar-refractivity contribution in [3.8, 4) is 11.5 Å². The van der Waals surface area contributed by atoms with Crippen LogP contribution in [0.2, 0.25) is 0 Å². The van der Waals surface area contributed by atoms with Crippen LogP contribution >= 0.6 is 0 Å². The van der Waals surface area contributed by atoms with Crippen LogP contribution in [-0.2, 0) is 20.9 Å². The zero-order valence-corrected chi connectivity index (χ0v) is 17.5. The number of hydrogen-bond donors (Lipinski definition) is 0. The molecule has 2 aliphatic rings. The van der Waals surface area contributed by atoms with Gasteiger partial charge in [0, 0.05) is 26.1 Å². The van der Waals surface area contributed by atoms with Crippen molar-refractivity contribution in [2.24, 2.45) is 11.8 Å². The van der Waals surface area contributed by atoms with Gasteiger partial charge in [0.15, 0.2) is 11.5 Å². The van der Waals surface area contributed by atoms with Crippen LogP contribution in [0, 0.1) is 11.8 Å². The lowest BCUT2D eigenvalue weighted by molar-refractivity contribution is -0.141. The van der Waals surface area contributed by atoms with Crippen molar-refractivity contribution in [2.75, 3.05) is 27.3 Å². The van der Waals surface area contributed by atoms with Gasteiger partial charge in [0.05, 0.1) is 26.1 Å². The van der Waals surface area contributed by atoms with Crippen molar-refractivity contribution in [2.45, 2.75) is 45.6 Å². The lowest BCUT2D eigenvalue weighted by atomic mass is 9.81. The first kappa shape index (κ1) is 21.1. The van der Waals surface area contributed by atoms with Crippen LogP contribution in [-0.4, -0.2) is 54.8 Å². The molecule has 1 saturated heterocycles. The summed E-state index contributed by atoms with van der Waals surface area (Å²) >= 11 is 0. The van der Waals surface area contributed by atoms with E-state index < -0.39 is 0 Å². The maximum atomic E-state index is 12.8. The van der Waals surface area contributed by atoms with Crippen molar-refractivity contribution in [1.29, 1.82) is 0 Å². The molecule has 29 heavy (non-hydrogen) atoms. The molecule has 158 valence electrons. The maximum absolute atomic E-state index is 12.8. The van der Waals surface area contributed by atoms with Gasteiger partial charge in [-0.1, -0.05) is 18.9 Å². The molecular weight excluding hydrogens is 372 g/mol. The summed E-state index contributed by atoms with van der Waals surface area (Å²) in [5, 5.41) is 0. The summed E-state index contributed by atoms with van der Waals surface area (Å²) in [5.74, 6) is 0.673. The molecule has 1 saturated carbocycles. The number of benzene rings is 1. The van der Waals surface area contributed by atoms with E-state index in [0.29, 0.717) is 24.6 Å². The number of nitrogens with zero attached hydrogens (tertiary/aromatic N) is 2. The fourth-order valence-electron chi connectivity index (χ4n) is 4.39. The largest absolute Gasteiger partial charge is 0.493 e. The predicted octanol–water partition coefficient (Wildman–Crippen LogP) is 2.62. The van der Waals surface area contributed by atoms with Gasteiger partial charge in [-0.2, -0.15) is 0 Å². The highest BCUT2D eigenvalue weighted by molar-refractivity contribution is 6.05. The van der Waals surface area contributed by atoms with E-state index in [-0.39, 0.29) is 42.5 Å². The molecule has 0 N–H and O–H groups in total. The number of fused-ring (bicyclic) bond motifs is 1. The summed E-state index contributed by atoms with van der Waals surface area (Å²) in [7, 11) is 3.16. The van der Waals surface area contributed by atoms with E-state index in [1.807, 2.05) is 25.1 Å². The molecule has 1 aliphatic heterocycles. The van der Waals surface area contributed by atoms with E-state index in [0.717, 1.165) is 31.2 Å². The molecule has 7 heteroatoms. The zero-order chi connectivity index (χ0) is 21.0. The first-order chi connectivity index (χ1) is 14.0. The smallest absolute Gasteiger partial charge is 0.233 e. The van der Waals surface area contributed by atoms with Crippen molar-refractivity contribution in [1.82, 2.24) is 9.80 Å². The lowest BCUT2D eigenvalue weighted by Crippen LogP contribution is -2.37. The second-order valence-corrected chi connectivity index (χ2v) is 7.67. The van der Waals surface area contributed by atoms with Crippen molar-refractivity contribution in [3.05, 3.63) is 23.8 Å². The molecule has 1 heterocycles. The number of carbonyl (C=O) groups excluding carboxylic acids is 3. The second kappa shape index (κ2) is 9.29. The van der Waals surface area contributed by atoms with E-state index in [9.17, 15) is 14.4 Å². The van der Waals surface area contributed by atoms with Gasteiger partial charge in [-0.15, -0.1) is 0 Å².